The van der Waals surface area contributed by atoms with Crippen LogP contribution in [0.1, 0.15) is 57.1 Å². The third kappa shape index (κ3) is 3.62. The van der Waals surface area contributed by atoms with E-state index >= 15 is 0 Å². The summed E-state index contributed by atoms with van der Waals surface area (Å²) in [6.45, 7) is 8.01. The molecule has 0 aliphatic heterocycles. The summed E-state index contributed by atoms with van der Waals surface area (Å²) in [6, 6.07) is 5.64. The van der Waals surface area contributed by atoms with Crippen LogP contribution < -0.4 is 0 Å². The molecule has 1 atom stereocenters. The van der Waals surface area contributed by atoms with E-state index in [-0.39, 0.29) is 5.82 Å². The molecule has 90 valence electrons. The van der Waals surface area contributed by atoms with Crippen molar-refractivity contribution in [3.63, 3.8) is 0 Å². The predicted molar refractivity (Wildman–Crippen MR) is 68.2 cm³/mol. The Morgan fingerprint density at radius 3 is 2.44 bits per heavy atom. The Kier molecular flexibility index (Phi) is 4.98. The van der Waals surface area contributed by atoms with Crippen molar-refractivity contribution >= 4 is 0 Å². The zero-order chi connectivity index (χ0) is 12.1. The minimum atomic E-state index is -0.0647. The van der Waals surface area contributed by atoms with Gasteiger partial charge in [-0.25, -0.2) is 4.39 Å². The van der Waals surface area contributed by atoms with Gasteiger partial charge in [-0.15, -0.1) is 0 Å². The summed E-state index contributed by atoms with van der Waals surface area (Å²) in [7, 11) is 0. The molecule has 0 bridgehead atoms. The molecule has 0 amide bonds. The summed E-state index contributed by atoms with van der Waals surface area (Å²) in [5.41, 5.74) is 1.90. The minimum Gasteiger partial charge on any atom is -0.207 e. The molecule has 0 nitrogen and oxygen atoms in total. The lowest BCUT2D eigenvalue weighted by atomic mass is 9.94. The third-order valence-corrected chi connectivity index (χ3v) is 3.15. The maximum Gasteiger partial charge on any atom is 0.126 e. The molecule has 1 aromatic rings. The van der Waals surface area contributed by atoms with E-state index in [4.69, 9.17) is 0 Å². The van der Waals surface area contributed by atoms with Crippen LogP contribution in [0.4, 0.5) is 4.39 Å². The molecule has 2 rings (SSSR count). The zero-order valence-corrected chi connectivity index (χ0v) is 10.9. The van der Waals surface area contributed by atoms with E-state index in [1.807, 2.05) is 26.8 Å². The lowest BCUT2D eigenvalue weighted by Crippen LogP contribution is -1.96. The second-order valence-corrected chi connectivity index (χ2v) is 4.59. The summed E-state index contributed by atoms with van der Waals surface area (Å²) in [4.78, 5) is 0. The molecule has 0 aromatic heterocycles. The molecule has 16 heavy (non-hydrogen) atoms. The topological polar surface area (TPSA) is 0 Å². The highest BCUT2D eigenvalue weighted by Crippen LogP contribution is 2.38. The van der Waals surface area contributed by atoms with Crippen molar-refractivity contribution in [2.45, 2.75) is 52.9 Å². The predicted octanol–water partition coefficient (Wildman–Crippen LogP) is 5.06. The molecule has 1 heteroatoms. The fraction of sp³-hybridized carbons (Fsp3) is 0.600. The Hall–Kier alpha value is -0.850. The Morgan fingerprint density at radius 2 is 1.94 bits per heavy atom. The van der Waals surface area contributed by atoms with E-state index in [9.17, 15) is 4.39 Å². The van der Waals surface area contributed by atoms with Crippen molar-refractivity contribution in [2.75, 3.05) is 0 Å². The molecule has 1 fully saturated rings. The number of benzene rings is 1. The summed E-state index contributed by atoms with van der Waals surface area (Å²) in [5.74, 6) is 1.36. The van der Waals surface area contributed by atoms with Crippen LogP contribution in [-0.2, 0) is 0 Å². The van der Waals surface area contributed by atoms with Gasteiger partial charge >= 0.3 is 0 Å². The van der Waals surface area contributed by atoms with E-state index in [1.165, 1.54) is 19.3 Å². The second-order valence-electron chi connectivity index (χ2n) is 4.59. The summed E-state index contributed by atoms with van der Waals surface area (Å²) in [5, 5.41) is 0. The Morgan fingerprint density at radius 1 is 1.31 bits per heavy atom. The van der Waals surface area contributed by atoms with Gasteiger partial charge in [-0.3, -0.25) is 0 Å². The molecule has 1 unspecified atom stereocenters. The number of rotatable bonds is 3. The van der Waals surface area contributed by atoms with Gasteiger partial charge in [-0.05, 0) is 42.4 Å². The van der Waals surface area contributed by atoms with Gasteiger partial charge < -0.3 is 0 Å². The average Bonchev–Trinajstić information content (AvgIpc) is 3.09. The number of hydrogen-bond donors (Lipinski definition) is 0. The van der Waals surface area contributed by atoms with Gasteiger partial charge in [0.05, 0.1) is 0 Å². The van der Waals surface area contributed by atoms with Gasteiger partial charge in [0.1, 0.15) is 5.82 Å². The van der Waals surface area contributed by atoms with E-state index in [2.05, 4.69) is 13.0 Å². The molecule has 1 aliphatic rings. The molecule has 1 saturated carbocycles. The molecule has 1 aromatic carbocycles. The molecule has 0 radical (unpaired) electrons. The maximum absolute atomic E-state index is 13.3. The van der Waals surface area contributed by atoms with E-state index < -0.39 is 0 Å². The second kappa shape index (κ2) is 6.03. The van der Waals surface area contributed by atoms with Crippen LogP contribution in [0.25, 0.3) is 0 Å². The van der Waals surface area contributed by atoms with Gasteiger partial charge in [0.15, 0.2) is 0 Å². The van der Waals surface area contributed by atoms with E-state index in [0.717, 1.165) is 17.0 Å². The van der Waals surface area contributed by atoms with E-state index in [1.54, 1.807) is 6.07 Å². The first-order chi connectivity index (χ1) is 7.66. The van der Waals surface area contributed by atoms with Crippen LogP contribution in [0.15, 0.2) is 18.2 Å². The van der Waals surface area contributed by atoms with Gasteiger partial charge in [-0.2, -0.15) is 0 Å². The molecule has 0 saturated heterocycles. The Labute approximate surface area is 98.9 Å². The normalized spacial score (nSPS) is 16.3. The van der Waals surface area contributed by atoms with Crippen LogP contribution in [0.5, 0.6) is 0 Å². The van der Waals surface area contributed by atoms with Crippen LogP contribution in [0.2, 0.25) is 0 Å². The number of hydrogen-bond acceptors (Lipinski definition) is 0. The number of aryl methyl sites for hydroxylation is 1. The van der Waals surface area contributed by atoms with Crippen molar-refractivity contribution < 1.29 is 4.39 Å². The fourth-order valence-corrected chi connectivity index (χ4v) is 1.91. The Balaban J connectivity index is 0.000000606. The average molecular weight is 222 g/mol. The van der Waals surface area contributed by atoms with Gasteiger partial charge in [0.2, 0.25) is 0 Å². The lowest BCUT2D eigenvalue weighted by molar-refractivity contribution is 0.593. The molecule has 0 N–H and O–H groups in total. The summed E-state index contributed by atoms with van der Waals surface area (Å²) in [6.07, 6.45) is 3.97. The smallest absolute Gasteiger partial charge is 0.126 e. The Bertz CT molecular complexity index is 326. The van der Waals surface area contributed by atoms with Crippen LogP contribution in [0, 0.1) is 18.7 Å². The first-order valence-electron chi connectivity index (χ1n) is 6.43. The van der Waals surface area contributed by atoms with Crippen molar-refractivity contribution in [2.24, 2.45) is 5.92 Å². The van der Waals surface area contributed by atoms with Crippen LogP contribution >= 0.6 is 0 Å². The summed E-state index contributed by atoms with van der Waals surface area (Å²) >= 11 is 0. The highest BCUT2D eigenvalue weighted by molar-refractivity contribution is 5.25. The van der Waals surface area contributed by atoms with Crippen LogP contribution in [0.3, 0.4) is 0 Å². The maximum atomic E-state index is 13.3. The molecular formula is C15H23F. The minimum absolute atomic E-state index is 0.0647. The summed E-state index contributed by atoms with van der Waals surface area (Å²) < 4.78 is 13.3. The molecule has 0 spiro atoms. The largest absolute Gasteiger partial charge is 0.207 e. The van der Waals surface area contributed by atoms with E-state index in [0.29, 0.717) is 5.92 Å². The van der Waals surface area contributed by atoms with Crippen LogP contribution in [-0.4, -0.2) is 0 Å². The standard InChI is InChI=1S/C13H17F.C2H6/c1-9-3-6-12(8-13(9)14)10(2)7-11-4-5-11;1-2/h3,6,8,10-11H,4-5,7H2,1-2H3;1-2H3. The van der Waals surface area contributed by atoms with Crippen molar-refractivity contribution in [1.29, 1.82) is 0 Å². The van der Waals surface area contributed by atoms with Gasteiger partial charge in [-0.1, -0.05) is 45.7 Å². The highest BCUT2D eigenvalue weighted by Gasteiger charge is 2.24. The first kappa shape index (κ1) is 13.2. The van der Waals surface area contributed by atoms with Gasteiger partial charge in [0.25, 0.3) is 0 Å². The lowest BCUT2D eigenvalue weighted by Gasteiger charge is -2.11. The molecular weight excluding hydrogens is 199 g/mol. The fourth-order valence-electron chi connectivity index (χ4n) is 1.91. The quantitative estimate of drug-likeness (QED) is 0.670. The van der Waals surface area contributed by atoms with Crippen molar-refractivity contribution in [3.8, 4) is 0 Å². The number of halogens is 1. The van der Waals surface area contributed by atoms with Crippen molar-refractivity contribution in [3.05, 3.63) is 35.1 Å². The van der Waals surface area contributed by atoms with Crippen molar-refractivity contribution in [1.82, 2.24) is 0 Å². The SMILES string of the molecule is CC.Cc1ccc(C(C)CC2CC2)cc1F. The third-order valence-electron chi connectivity index (χ3n) is 3.15. The van der Waals surface area contributed by atoms with Gasteiger partial charge in [0, 0.05) is 0 Å². The molecule has 0 heterocycles. The first-order valence-corrected chi connectivity index (χ1v) is 6.43. The highest BCUT2D eigenvalue weighted by atomic mass is 19.1. The molecule has 1 aliphatic carbocycles. The zero-order valence-electron chi connectivity index (χ0n) is 10.9. The monoisotopic (exact) mass is 222 g/mol.